The average Bonchev–Trinajstić information content (AvgIpc) is 2.14. The highest BCUT2D eigenvalue weighted by molar-refractivity contribution is 5.18. The summed E-state index contributed by atoms with van der Waals surface area (Å²) in [6.45, 7) is 5.96. The fourth-order valence-corrected chi connectivity index (χ4v) is 1.50. The summed E-state index contributed by atoms with van der Waals surface area (Å²) < 4.78 is 5.67. The number of hydrogen-bond acceptors (Lipinski definition) is 1. The molecule has 0 amide bonds. The van der Waals surface area contributed by atoms with E-state index in [2.05, 4.69) is 32.1 Å². The van der Waals surface area contributed by atoms with Gasteiger partial charge in [0.2, 0.25) is 0 Å². The van der Waals surface area contributed by atoms with Crippen LogP contribution in [-0.4, -0.2) is 13.2 Å². The maximum Gasteiger partial charge on any atom is 0.0713 e. The van der Waals surface area contributed by atoms with Crippen molar-refractivity contribution in [3.63, 3.8) is 0 Å². The van der Waals surface area contributed by atoms with Crippen molar-refractivity contribution in [2.45, 2.75) is 39.5 Å². The minimum absolute atomic E-state index is 0.781. The predicted octanol–water partition coefficient (Wildman–Crippen LogP) is 3.72. The number of allylic oxidation sites excluding steroid dienone is 2. The van der Waals surface area contributed by atoms with Crippen LogP contribution in [0.15, 0.2) is 23.8 Å². The highest BCUT2D eigenvalue weighted by atomic mass is 16.5. The Morgan fingerprint density at radius 2 is 2.21 bits per heavy atom. The third-order valence-electron chi connectivity index (χ3n) is 2.79. The molecule has 1 saturated carbocycles. The highest BCUT2D eigenvalue weighted by Crippen LogP contribution is 2.26. The van der Waals surface area contributed by atoms with E-state index < -0.39 is 0 Å². The molecule has 0 heterocycles. The molecule has 0 aromatic carbocycles. The van der Waals surface area contributed by atoms with Crippen molar-refractivity contribution in [3.8, 4) is 0 Å². The molecule has 0 atom stereocenters. The first-order chi connectivity index (χ1) is 6.86. The van der Waals surface area contributed by atoms with Gasteiger partial charge in [0, 0.05) is 6.61 Å². The quantitative estimate of drug-likeness (QED) is 0.586. The van der Waals surface area contributed by atoms with E-state index in [0.29, 0.717) is 0 Å². The zero-order valence-electron chi connectivity index (χ0n) is 9.46. The van der Waals surface area contributed by atoms with Crippen LogP contribution in [0.1, 0.15) is 39.5 Å². The Labute approximate surface area is 87.8 Å². The Morgan fingerprint density at radius 1 is 1.43 bits per heavy atom. The van der Waals surface area contributed by atoms with Gasteiger partial charge in [0.05, 0.1) is 6.61 Å². The van der Waals surface area contributed by atoms with Crippen LogP contribution in [0.4, 0.5) is 0 Å². The molecular weight excluding hydrogens is 172 g/mol. The lowest BCUT2D eigenvalue weighted by Gasteiger charge is -2.24. The van der Waals surface area contributed by atoms with E-state index in [-0.39, 0.29) is 0 Å². The van der Waals surface area contributed by atoms with Gasteiger partial charge in [-0.25, -0.2) is 0 Å². The molecule has 1 aliphatic carbocycles. The second kappa shape index (κ2) is 6.83. The summed E-state index contributed by atoms with van der Waals surface area (Å²) in [6.07, 6.45) is 11.7. The summed E-state index contributed by atoms with van der Waals surface area (Å²) in [5, 5.41) is 0. The zero-order chi connectivity index (χ0) is 10.2. The molecule has 1 rings (SSSR count). The van der Waals surface area contributed by atoms with E-state index >= 15 is 0 Å². The maximum absolute atomic E-state index is 5.67. The third-order valence-corrected chi connectivity index (χ3v) is 2.79. The summed E-state index contributed by atoms with van der Waals surface area (Å²) >= 11 is 0. The van der Waals surface area contributed by atoms with Crippen molar-refractivity contribution in [2.24, 2.45) is 5.92 Å². The SMILES string of the molecule is C/C=C(\C=C/CC)COCC1CCC1. The topological polar surface area (TPSA) is 9.23 Å². The minimum Gasteiger partial charge on any atom is -0.376 e. The van der Waals surface area contributed by atoms with Crippen molar-refractivity contribution in [2.75, 3.05) is 13.2 Å². The number of ether oxygens (including phenoxy) is 1. The molecule has 80 valence electrons. The highest BCUT2D eigenvalue weighted by Gasteiger charge is 2.16. The maximum atomic E-state index is 5.67. The Morgan fingerprint density at radius 3 is 2.71 bits per heavy atom. The van der Waals surface area contributed by atoms with Crippen LogP contribution >= 0.6 is 0 Å². The molecule has 0 saturated heterocycles. The Bertz CT molecular complexity index is 199. The molecule has 14 heavy (non-hydrogen) atoms. The van der Waals surface area contributed by atoms with Gasteiger partial charge in [-0.05, 0) is 37.7 Å². The monoisotopic (exact) mass is 194 g/mol. The van der Waals surface area contributed by atoms with Gasteiger partial charge in [-0.2, -0.15) is 0 Å². The molecule has 1 aliphatic rings. The smallest absolute Gasteiger partial charge is 0.0713 e. The van der Waals surface area contributed by atoms with Crippen LogP contribution in [-0.2, 0) is 4.74 Å². The summed E-state index contributed by atoms with van der Waals surface area (Å²) in [5.74, 6) is 0.850. The molecule has 0 aromatic rings. The molecular formula is C13H22O. The van der Waals surface area contributed by atoms with Gasteiger partial charge < -0.3 is 4.74 Å². The van der Waals surface area contributed by atoms with Crippen molar-refractivity contribution in [1.82, 2.24) is 0 Å². The molecule has 0 N–H and O–H groups in total. The van der Waals surface area contributed by atoms with Gasteiger partial charge in [0.15, 0.2) is 0 Å². The van der Waals surface area contributed by atoms with Gasteiger partial charge in [-0.1, -0.05) is 31.6 Å². The van der Waals surface area contributed by atoms with E-state index in [9.17, 15) is 0 Å². The van der Waals surface area contributed by atoms with Crippen molar-refractivity contribution < 1.29 is 4.74 Å². The number of rotatable bonds is 6. The third kappa shape index (κ3) is 4.10. The van der Waals surface area contributed by atoms with Crippen LogP contribution in [0.2, 0.25) is 0 Å². The first kappa shape index (κ1) is 11.5. The van der Waals surface area contributed by atoms with E-state index in [1.165, 1.54) is 24.8 Å². The lowest BCUT2D eigenvalue weighted by atomic mass is 9.86. The van der Waals surface area contributed by atoms with Crippen molar-refractivity contribution in [1.29, 1.82) is 0 Å². The fraction of sp³-hybridized carbons (Fsp3) is 0.692. The number of hydrogen-bond donors (Lipinski definition) is 0. The lowest BCUT2D eigenvalue weighted by Crippen LogP contribution is -2.18. The molecule has 1 fully saturated rings. The second-order valence-corrected chi connectivity index (χ2v) is 3.99. The Kier molecular flexibility index (Phi) is 5.62. The average molecular weight is 194 g/mol. The summed E-state index contributed by atoms with van der Waals surface area (Å²) in [6, 6.07) is 0. The van der Waals surface area contributed by atoms with E-state index in [1.807, 2.05) is 0 Å². The molecule has 0 aliphatic heterocycles. The molecule has 0 aromatic heterocycles. The van der Waals surface area contributed by atoms with Crippen molar-refractivity contribution >= 4 is 0 Å². The van der Waals surface area contributed by atoms with E-state index in [0.717, 1.165) is 25.6 Å². The van der Waals surface area contributed by atoms with Gasteiger partial charge >= 0.3 is 0 Å². The van der Waals surface area contributed by atoms with E-state index in [4.69, 9.17) is 4.74 Å². The molecule has 1 heteroatoms. The molecule has 0 radical (unpaired) electrons. The van der Waals surface area contributed by atoms with Crippen LogP contribution < -0.4 is 0 Å². The molecule has 0 unspecified atom stereocenters. The largest absolute Gasteiger partial charge is 0.376 e. The van der Waals surface area contributed by atoms with Crippen LogP contribution in [0.25, 0.3) is 0 Å². The predicted molar refractivity (Wildman–Crippen MR) is 61.3 cm³/mol. The van der Waals surface area contributed by atoms with Crippen LogP contribution in [0.5, 0.6) is 0 Å². The van der Waals surface area contributed by atoms with Gasteiger partial charge in [-0.15, -0.1) is 0 Å². The Hall–Kier alpha value is -0.560. The lowest BCUT2D eigenvalue weighted by molar-refractivity contribution is 0.0857. The standard InChI is InChI=1S/C13H22O/c1-3-5-7-12(4-2)10-14-11-13-8-6-9-13/h4-5,7,13H,3,6,8-11H2,1-2H3/b7-5-,12-4+. The van der Waals surface area contributed by atoms with E-state index in [1.54, 1.807) is 0 Å². The first-order valence-electron chi connectivity index (χ1n) is 5.76. The zero-order valence-corrected chi connectivity index (χ0v) is 9.46. The molecule has 0 spiro atoms. The summed E-state index contributed by atoms with van der Waals surface area (Å²) in [4.78, 5) is 0. The van der Waals surface area contributed by atoms with Crippen LogP contribution in [0.3, 0.4) is 0 Å². The first-order valence-corrected chi connectivity index (χ1v) is 5.76. The Balaban J connectivity index is 2.10. The second-order valence-electron chi connectivity index (χ2n) is 3.99. The van der Waals surface area contributed by atoms with Gasteiger partial charge in [-0.3, -0.25) is 0 Å². The fourth-order valence-electron chi connectivity index (χ4n) is 1.50. The van der Waals surface area contributed by atoms with Gasteiger partial charge in [0.25, 0.3) is 0 Å². The van der Waals surface area contributed by atoms with Crippen molar-refractivity contribution in [3.05, 3.63) is 23.8 Å². The normalized spacial score (nSPS) is 18.9. The van der Waals surface area contributed by atoms with Gasteiger partial charge in [0.1, 0.15) is 0 Å². The molecule has 1 nitrogen and oxygen atoms in total. The summed E-state index contributed by atoms with van der Waals surface area (Å²) in [5.41, 5.74) is 1.30. The minimum atomic E-state index is 0.781. The molecule has 0 bridgehead atoms. The summed E-state index contributed by atoms with van der Waals surface area (Å²) in [7, 11) is 0. The van der Waals surface area contributed by atoms with Crippen LogP contribution in [0, 0.1) is 5.92 Å².